The number of rotatable bonds is 6. The lowest BCUT2D eigenvalue weighted by Gasteiger charge is -2.23. The van der Waals surface area contributed by atoms with Crippen molar-refractivity contribution in [2.45, 2.75) is 33.2 Å². The highest BCUT2D eigenvalue weighted by Crippen LogP contribution is 2.27. The summed E-state index contributed by atoms with van der Waals surface area (Å²) in [6.45, 7) is 6.11. The topological polar surface area (TPSA) is 99.1 Å². The van der Waals surface area contributed by atoms with Gasteiger partial charge in [0.25, 0.3) is 11.1 Å². The number of aromatic amines is 1. The van der Waals surface area contributed by atoms with Crippen LogP contribution in [-0.2, 0) is 7.05 Å². The van der Waals surface area contributed by atoms with Gasteiger partial charge in [-0.05, 0) is 24.5 Å². The van der Waals surface area contributed by atoms with E-state index in [0.717, 1.165) is 11.1 Å². The molecule has 0 radical (unpaired) electrons. The first-order chi connectivity index (χ1) is 11.3. The number of nitrogens with zero attached hydrogens (tertiary/aromatic N) is 1. The Morgan fingerprint density at radius 1 is 1.21 bits per heavy atom. The average Bonchev–Trinajstić information content (AvgIpc) is 2.53. The molecule has 0 aliphatic heterocycles. The molecule has 24 heavy (non-hydrogen) atoms. The second-order valence-corrected chi connectivity index (χ2v) is 6.10. The minimum Gasteiger partial charge on any atom is -0.506 e. The van der Waals surface area contributed by atoms with Gasteiger partial charge in [-0.15, -0.1) is 0 Å². The van der Waals surface area contributed by atoms with Crippen LogP contribution in [-0.4, -0.2) is 20.9 Å². The van der Waals surface area contributed by atoms with Crippen LogP contribution in [0, 0.1) is 5.92 Å². The molecule has 130 valence electrons. The van der Waals surface area contributed by atoms with E-state index in [4.69, 9.17) is 0 Å². The number of anilines is 3. The van der Waals surface area contributed by atoms with E-state index in [-0.39, 0.29) is 34.6 Å². The van der Waals surface area contributed by atoms with Gasteiger partial charge in [0.2, 0.25) is 0 Å². The Bertz CT molecular complexity index is 823. The quantitative estimate of drug-likeness (QED) is 0.609. The van der Waals surface area contributed by atoms with Crippen molar-refractivity contribution in [3.63, 3.8) is 0 Å². The maximum absolute atomic E-state index is 12.5. The molecule has 0 aliphatic rings. The zero-order valence-electron chi connectivity index (χ0n) is 14.4. The highest BCUT2D eigenvalue weighted by Gasteiger charge is 2.19. The molecule has 0 amide bonds. The van der Waals surface area contributed by atoms with E-state index in [1.54, 1.807) is 18.2 Å². The molecular formula is C17H24N4O3. The van der Waals surface area contributed by atoms with Crippen molar-refractivity contribution in [1.29, 1.82) is 0 Å². The van der Waals surface area contributed by atoms with Crippen LogP contribution in [0.15, 0.2) is 33.9 Å². The first-order valence-electron chi connectivity index (χ1n) is 8.00. The van der Waals surface area contributed by atoms with Crippen molar-refractivity contribution in [1.82, 2.24) is 9.78 Å². The number of aromatic hydroxyl groups is 1. The highest BCUT2D eigenvalue weighted by molar-refractivity contribution is 5.75. The third kappa shape index (κ3) is 3.61. The third-order valence-electron chi connectivity index (χ3n) is 4.00. The maximum Gasteiger partial charge on any atom is 0.290 e. The van der Waals surface area contributed by atoms with Gasteiger partial charge in [0.1, 0.15) is 17.1 Å². The lowest BCUT2D eigenvalue weighted by atomic mass is 10.0. The Hall–Kier alpha value is -2.70. The lowest BCUT2D eigenvalue weighted by molar-refractivity contribution is 0.477. The second kappa shape index (κ2) is 7.25. The summed E-state index contributed by atoms with van der Waals surface area (Å²) in [7, 11) is 1.48. The predicted molar refractivity (Wildman–Crippen MR) is 96.2 cm³/mol. The Balaban J connectivity index is 2.54. The zero-order valence-corrected chi connectivity index (χ0v) is 14.4. The number of hydrogen-bond acceptors (Lipinski definition) is 5. The molecular weight excluding hydrogens is 308 g/mol. The van der Waals surface area contributed by atoms with Crippen molar-refractivity contribution in [2.75, 3.05) is 10.6 Å². The normalized spacial score (nSPS) is 12.2. The zero-order chi connectivity index (χ0) is 17.9. The van der Waals surface area contributed by atoms with E-state index in [2.05, 4.69) is 15.7 Å². The fraction of sp³-hybridized carbons (Fsp3) is 0.412. The Labute approximate surface area is 140 Å². The number of benzene rings is 1. The minimum atomic E-state index is -0.394. The molecule has 1 aromatic heterocycles. The number of phenolic OH excluding ortho intramolecular Hbond substituents is 1. The van der Waals surface area contributed by atoms with Gasteiger partial charge in [-0.2, -0.15) is 0 Å². The fourth-order valence-corrected chi connectivity index (χ4v) is 2.54. The number of H-pyrrole nitrogens is 1. The van der Waals surface area contributed by atoms with Gasteiger partial charge in [0.15, 0.2) is 0 Å². The molecule has 2 rings (SSSR count). The van der Waals surface area contributed by atoms with E-state index in [1.165, 1.54) is 13.1 Å². The molecule has 0 bridgehead atoms. The SMILES string of the molecule is CCC(Nc1c(Nc2ccccc2O)c(=O)n(C)[nH]c1=O)C(C)C. The van der Waals surface area contributed by atoms with Crippen LogP contribution in [0.5, 0.6) is 5.75 Å². The van der Waals surface area contributed by atoms with Crippen molar-refractivity contribution >= 4 is 17.1 Å². The maximum atomic E-state index is 12.5. The largest absolute Gasteiger partial charge is 0.506 e. The summed E-state index contributed by atoms with van der Waals surface area (Å²) in [6, 6.07) is 6.61. The molecule has 7 nitrogen and oxygen atoms in total. The minimum absolute atomic E-state index is 0.00156. The monoisotopic (exact) mass is 332 g/mol. The van der Waals surface area contributed by atoms with E-state index < -0.39 is 5.56 Å². The smallest absolute Gasteiger partial charge is 0.290 e. The van der Waals surface area contributed by atoms with E-state index in [9.17, 15) is 14.7 Å². The van der Waals surface area contributed by atoms with Crippen LogP contribution < -0.4 is 21.8 Å². The number of aromatic nitrogens is 2. The summed E-state index contributed by atoms with van der Waals surface area (Å²) in [5, 5.41) is 18.5. The molecule has 0 aliphatic carbocycles. The molecule has 7 heteroatoms. The molecule has 0 spiro atoms. The van der Waals surface area contributed by atoms with Gasteiger partial charge in [0, 0.05) is 13.1 Å². The third-order valence-corrected chi connectivity index (χ3v) is 4.00. The molecule has 0 fully saturated rings. The van der Waals surface area contributed by atoms with E-state index in [1.807, 2.05) is 20.8 Å². The van der Waals surface area contributed by atoms with Gasteiger partial charge in [-0.1, -0.05) is 32.9 Å². The summed E-state index contributed by atoms with van der Waals surface area (Å²) >= 11 is 0. The summed E-state index contributed by atoms with van der Waals surface area (Å²) in [4.78, 5) is 24.9. The number of para-hydroxylation sites is 2. The summed E-state index contributed by atoms with van der Waals surface area (Å²) in [6.07, 6.45) is 0.808. The van der Waals surface area contributed by atoms with Gasteiger partial charge < -0.3 is 15.7 Å². The molecule has 0 saturated carbocycles. The van der Waals surface area contributed by atoms with E-state index >= 15 is 0 Å². The molecule has 4 N–H and O–H groups in total. The van der Waals surface area contributed by atoms with Crippen LogP contribution in [0.4, 0.5) is 17.1 Å². The summed E-state index contributed by atoms with van der Waals surface area (Å²) < 4.78 is 1.12. The molecule has 0 saturated heterocycles. The van der Waals surface area contributed by atoms with Gasteiger partial charge in [0.05, 0.1) is 5.69 Å². The molecule has 1 atom stereocenters. The molecule has 1 aromatic carbocycles. The van der Waals surface area contributed by atoms with Gasteiger partial charge >= 0.3 is 0 Å². The second-order valence-electron chi connectivity index (χ2n) is 6.10. The van der Waals surface area contributed by atoms with E-state index in [0.29, 0.717) is 5.69 Å². The van der Waals surface area contributed by atoms with Crippen LogP contribution in [0.2, 0.25) is 0 Å². The number of aryl methyl sites for hydroxylation is 1. The average molecular weight is 332 g/mol. The molecule has 1 heterocycles. The van der Waals surface area contributed by atoms with Crippen molar-refractivity contribution in [2.24, 2.45) is 13.0 Å². The highest BCUT2D eigenvalue weighted by atomic mass is 16.3. The number of nitrogens with one attached hydrogen (secondary N) is 3. The first-order valence-corrected chi connectivity index (χ1v) is 8.00. The summed E-state index contributed by atoms with van der Waals surface area (Å²) in [5.41, 5.74) is -0.127. The fourth-order valence-electron chi connectivity index (χ4n) is 2.54. The van der Waals surface area contributed by atoms with Crippen LogP contribution in [0.3, 0.4) is 0 Å². The van der Waals surface area contributed by atoms with Crippen molar-refractivity contribution in [3.05, 3.63) is 45.0 Å². The van der Waals surface area contributed by atoms with Crippen molar-refractivity contribution < 1.29 is 5.11 Å². The van der Waals surface area contributed by atoms with Crippen LogP contribution in [0.25, 0.3) is 0 Å². The Morgan fingerprint density at radius 2 is 1.88 bits per heavy atom. The van der Waals surface area contributed by atoms with Gasteiger partial charge in [-0.3, -0.25) is 19.4 Å². The standard InChI is InChI=1S/C17H24N4O3/c1-5-11(10(2)3)18-14-15(17(24)21(4)20-16(14)23)19-12-8-6-7-9-13(12)22/h6-11,18-19,22H,5H2,1-4H3,(H,20,23). The molecule has 1 unspecified atom stereocenters. The number of hydrogen-bond donors (Lipinski definition) is 4. The van der Waals surface area contributed by atoms with Crippen LogP contribution >= 0.6 is 0 Å². The summed E-state index contributed by atoms with van der Waals surface area (Å²) in [5.74, 6) is 0.290. The lowest BCUT2D eigenvalue weighted by Crippen LogP contribution is -2.35. The first kappa shape index (κ1) is 17.7. The van der Waals surface area contributed by atoms with Crippen LogP contribution in [0.1, 0.15) is 27.2 Å². The molecule has 2 aromatic rings. The van der Waals surface area contributed by atoms with Crippen molar-refractivity contribution in [3.8, 4) is 5.75 Å². The predicted octanol–water partition coefficient (Wildman–Crippen LogP) is 2.37. The van der Waals surface area contributed by atoms with Gasteiger partial charge in [-0.25, -0.2) is 0 Å². The Morgan fingerprint density at radius 3 is 2.46 bits per heavy atom. The number of phenols is 1. The Kier molecular flexibility index (Phi) is 5.33.